The highest BCUT2D eigenvalue weighted by Crippen LogP contribution is 2.38. The van der Waals surface area contributed by atoms with E-state index in [1.807, 2.05) is 31.5 Å². The molecule has 2 N–H and O–H groups in total. The Hall–Kier alpha value is -4.62. The molecule has 0 radical (unpaired) electrons. The van der Waals surface area contributed by atoms with Crippen molar-refractivity contribution >= 4 is 71.7 Å². The highest BCUT2D eigenvalue weighted by atomic mass is 35.5. The molecule has 0 amide bonds. The molecule has 0 bridgehead atoms. The van der Waals surface area contributed by atoms with Crippen LogP contribution in [0.15, 0.2) is 64.5 Å². The third kappa shape index (κ3) is 7.12. The molecule has 0 unspecified atom stereocenters. The fourth-order valence-corrected chi connectivity index (χ4v) is 5.05. The molecule has 44 heavy (non-hydrogen) atoms. The number of esters is 1. The number of hydrogen-bond donors (Lipinski definition) is 2. The lowest BCUT2D eigenvalue weighted by atomic mass is 10.1. The molecule has 0 saturated carbocycles. The number of halogens is 4. The highest BCUT2D eigenvalue weighted by molar-refractivity contribution is 6.37. The summed E-state index contributed by atoms with van der Waals surface area (Å²) in [6.07, 6.45) is 4.45. The summed E-state index contributed by atoms with van der Waals surface area (Å²) in [5.74, 6) is -3.59. The minimum absolute atomic E-state index is 0.0506. The molecule has 0 atom stereocenters. The Balaban J connectivity index is 1.49. The van der Waals surface area contributed by atoms with E-state index < -0.39 is 25.3 Å². The van der Waals surface area contributed by atoms with Gasteiger partial charge < -0.3 is 19.5 Å². The SMILES string of the molecule is Cc1cc(C)n(C)c1/C=C1/C=CC(CCC(=O)Oc2c(Cl)cc(/N=N/c3cc(C(=O)O)ccc3C(=O)O)cc2Cl)=[N+]1B(F)F. The van der Waals surface area contributed by atoms with Crippen molar-refractivity contribution in [2.24, 2.45) is 17.3 Å². The van der Waals surface area contributed by atoms with Gasteiger partial charge in [-0.25, -0.2) is 22.7 Å². The van der Waals surface area contributed by atoms with E-state index in [0.717, 1.165) is 39.6 Å². The summed E-state index contributed by atoms with van der Waals surface area (Å²) >= 11 is 12.5. The van der Waals surface area contributed by atoms with Crippen molar-refractivity contribution in [1.29, 1.82) is 0 Å². The Bertz CT molecular complexity index is 1790. The lowest BCUT2D eigenvalue weighted by Gasteiger charge is -2.09. The predicted molar refractivity (Wildman–Crippen MR) is 161 cm³/mol. The summed E-state index contributed by atoms with van der Waals surface area (Å²) in [6.45, 7) is 3.82. The topological polar surface area (TPSA) is 134 Å². The van der Waals surface area contributed by atoms with E-state index in [2.05, 4.69) is 10.2 Å². The van der Waals surface area contributed by atoms with Gasteiger partial charge in [-0.1, -0.05) is 23.2 Å². The lowest BCUT2D eigenvalue weighted by Crippen LogP contribution is -2.25. The standard InChI is InChI=1S/C29H23BCl2F2N4O6/c1-15-10-16(2)37(3)25(15)14-20-6-5-19(38(20)30(33)34)7-9-26(39)44-27-22(31)12-18(13-23(27)32)35-36-24-11-17(28(40)41)4-8-21(24)29(42)43/h4-6,8,10-14H,7,9H2,1-3H3,(H-,40,41,42,43)/p+1/b36-35+. The van der Waals surface area contributed by atoms with Gasteiger partial charge in [-0.2, -0.15) is 5.11 Å². The van der Waals surface area contributed by atoms with Gasteiger partial charge in [0.25, 0.3) is 0 Å². The van der Waals surface area contributed by atoms with E-state index >= 15 is 0 Å². The van der Waals surface area contributed by atoms with Gasteiger partial charge in [-0.3, -0.25) is 4.79 Å². The van der Waals surface area contributed by atoms with Crippen LogP contribution >= 0.6 is 23.2 Å². The molecular weight excluding hydrogens is 620 g/mol. The molecule has 2 aromatic carbocycles. The molecular formula is C29H24BCl2F2N4O6+. The summed E-state index contributed by atoms with van der Waals surface area (Å²) in [6, 6.07) is 7.71. The van der Waals surface area contributed by atoms with E-state index in [1.165, 1.54) is 18.2 Å². The van der Waals surface area contributed by atoms with Crippen LogP contribution in [-0.2, 0) is 11.8 Å². The van der Waals surface area contributed by atoms with Gasteiger partial charge in [0.15, 0.2) is 17.2 Å². The average Bonchev–Trinajstić information content (AvgIpc) is 3.47. The number of aryl methyl sites for hydroxylation is 2. The maximum Gasteiger partial charge on any atom is 0.934 e. The Morgan fingerprint density at radius 1 is 1.02 bits per heavy atom. The second-order valence-corrected chi connectivity index (χ2v) is 10.5. The lowest BCUT2D eigenvalue weighted by molar-refractivity contribution is -0.342. The zero-order chi connectivity index (χ0) is 32.3. The summed E-state index contributed by atoms with van der Waals surface area (Å²) in [5, 5.41) is 26.0. The number of carboxylic acids is 2. The molecule has 226 valence electrons. The van der Waals surface area contributed by atoms with E-state index in [0.29, 0.717) is 0 Å². The minimum atomic E-state index is -2.84. The van der Waals surface area contributed by atoms with Crippen LogP contribution in [0.2, 0.25) is 10.0 Å². The normalized spacial score (nSPS) is 13.8. The molecule has 0 saturated heterocycles. The number of allylic oxidation sites excluding steroid dienone is 2. The van der Waals surface area contributed by atoms with E-state index in [-0.39, 0.29) is 62.5 Å². The van der Waals surface area contributed by atoms with Crippen molar-refractivity contribution in [3.63, 3.8) is 0 Å². The van der Waals surface area contributed by atoms with Crippen LogP contribution in [0.5, 0.6) is 5.75 Å². The van der Waals surface area contributed by atoms with Crippen LogP contribution in [0.1, 0.15) is 50.5 Å². The van der Waals surface area contributed by atoms with Gasteiger partial charge in [0, 0.05) is 37.4 Å². The maximum atomic E-state index is 14.0. The summed E-state index contributed by atoms with van der Waals surface area (Å²) < 4.78 is 36.2. The smallest absolute Gasteiger partial charge is 0.478 e. The van der Waals surface area contributed by atoms with Crippen molar-refractivity contribution in [1.82, 2.24) is 4.57 Å². The fraction of sp³-hybridized carbons (Fsp3) is 0.172. The zero-order valence-electron chi connectivity index (χ0n) is 23.5. The van der Waals surface area contributed by atoms with Gasteiger partial charge in [0.2, 0.25) is 0 Å². The second-order valence-electron chi connectivity index (χ2n) is 9.71. The van der Waals surface area contributed by atoms with Gasteiger partial charge in [-0.05, 0) is 55.8 Å². The van der Waals surface area contributed by atoms with Crippen molar-refractivity contribution in [2.45, 2.75) is 26.7 Å². The van der Waals surface area contributed by atoms with Crippen molar-refractivity contribution in [3.8, 4) is 5.75 Å². The third-order valence-corrected chi connectivity index (χ3v) is 7.33. The number of ether oxygens (including phenoxy) is 1. The Labute approximate surface area is 260 Å². The number of aromatic carboxylic acids is 2. The van der Waals surface area contributed by atoms with E-state index in [9.17, 15) is 33.2 Å². The number of carboxylic acid groups (broad SMARTS) is 2. The number of hydrogen-bond acceptors (Lipinski definition) is 6. The van der Waals surface area contributed by atoms with Crippen LogP contribution in [0.3, 0.4) is 0 Å². The molecule has 1 aromatic heterocycles. The van der Waals surface area contributed by atoms with Crippen LogP contribution < -0.4 is 4.74 Å². The number of rotatable bonds is 10. The van der Waals surface area contributed by atoms with Crippen LogP contribution in [-0.4, -0.2) is 50.3 Å². The molecule has 4 rings (SSSR count). The molecule has 0 spiro atoms. The molecule has 10 nitrogen and oxygen atoms in total. The average molecular weight is 644 g/mol. The van der Waals surface area contributed by atoms with E-state index in [4.69, 9.17) is 27.9 Å². The van der Waals surface area contributed by atoms with Gasteiger partial charge in [0.05, 0.1) is 39.0 Å². The molecule has 3 aromatic rings. The molecule has 1 aliphatic rings. The summed E-state index contributed by atoms with van der Waals surface area (Å²) in [7, 11) is -0.991. The van der Waals surface area contributed by atoms with E-state index in [1.54, 1.807) is 12.2 Å². The first kappa shape index (κ1) is 32.3. The summed E-state index contributed by atoms with van der Waals surface area (Å²) in [5.41, 5.74) is 2.59. The number of carbonyl (C=O) groups is 3. The van der Waals surface area contributed by atoms with Crippen molar-refractivity contribution in [2.75, 3.05) is 0 Å². The molecule has 1 aliphatic heterocycles. The minimum Gasteiger partial charge on any atom is -0.478 e. The highest BCUT2D eigenvalue weighted by Gasteiger charge is 2.41. The first-order valence-electron chi connectivity index (χ1n) is 12.9. The Kier molecular flexibility index (Phi) is 9.80. The first-order chi connectivity index (χ1) is 20.8. The maximum absolute atomic E-state index is 14.0. The monoisotopic (exact) mass is 643 g/mol. The zero-order valence-corrected chi connectivity index (χ0v) is 25.0. The van der Waals surface area contributed by atoms with Crippen LogP contribution in [0, 0.1) is 13.8 Å². The number of nitrogens with zero attached hydrogens (tertiary/aromatic N) is 4. The van der Waals surface area contributed by atoms with Gasteiger partial charge >= 0.3 is 25.3 Å². The third-order valence-electron chi connectivity index (χ3n) is 6.77. The number of aromatic nitrogens is 1. The molecule has 0 aliphatic carbocycles. The molecule has 0 fully saturated rings. The number of azo groups is 1. The Morgan fingerprint density at radius 3 is 2.27 bits per heavy atom. The fourth-order valence-electron chi connectivity index (χ4n) is 4.49. The van der Waals surface area contributed by atoms with Gasteiger partial charge in [0.1, 0.15) is 5.69 Å². The van der Waals surface area contributed by atoms with Gasteiger partial charge in [-0.15, -0.1) is 5.11 Å². The largest absolute Gasteiger partial charge is 0.934 e. The summed E-state index contributed by atoms with van der Waals surface area (Å²) in [4.78, 5) is 35.4. The number of carbonyl (C=O) groups excluding carboxylic acids is 1. The molecule has 15 heteroatoms. The molecule has 2 heterocycles. The predicted octanol–water partition coefficient (Wildman–Crippen LogP) is 7.43. The van der Waals surface area contributed by atoms with Crippen LogP contribution in [0.25, 0.3) is 6.08 Å². The first-order valence-corrected chi connectivity index (χ1v) is 13.7. The Morgan fingerprint density at radius 2 is 1.70 bits per heavy atom. The van der Waals surface area contributed by atoms with Crippen molar-refractivity contribution < 1.29 is 42.5 Å². The van der Waals surface area contributed by atoms with Crippen LogP contribution in [0.4, 0.5) is 20.0 Å². The quantitative estimate of drug-likeness (QED) is 0.102. The second kappa shape index (κ2) is 13.4. The number of benzene rings is 2. The van der Waals surface area contributed by atoms with Crippen molar-refractivity contribution in [3.05, 3.63) is 92.4 Å².